The molecule has 1 fully saturated rings. The van der Waals surface area contributed by atoms with Crippen LogP contribution in [0.25, 0.3) is 0 Å². The molecular weight excluding hydrogens is 188 g/mol. The van der Waals surface area contributed by atoms with Gasteiger partial charge >= 0.3 is 0 Å². The smallest absolute Gasteiger partial charge is 0.145 e. The van der Waals surface area contributed by atoms with Gasteiger partial charge in [-0.1, -0.05) is 6.42 Å². The summed E-state index contributed by atoms with van der Waals surface area (Å²) in [6, 6.07) is 1.31. The summed E-state index contributed by atoms with van der Waals surface area (Å²) in [6.45, 7) is 2.60. The molecule has 1 atom stereocenters. The van der Waals surface area contributed by atoms with E-state index in [0.29, 0.717) is 6.10 Å². The van der Waals surface area contributed by atoms with Gasteiger partial charge in [-0.05, 0) is 12.5 Å². The molecule has 1 aliphatic rings. The first-order valence-corrected chi connectivity index (χ1v) is 7.01. The van der Waals surface area contributed by atoms with Crippen molar-refractivity contribution in [2.45, 2.75) is 25.0 Å². The molecule has 0 amide bonds. The highest BCUT2D eigenvalue weighted by atomic mass is 28.3. The monoisotopic (exact) mass is 206 g/mol. The van der Waals surface area contributed by atoms with Crippen LogP contribution in [0.1, 0.15) is 12.8 Å². The molecule has 1 saturated heterocycles. The molecule has 0 aromatic heterocycles. The Balaban J connectivity index is 1.65. The van der Waals surface area contributed by atoms with Gasteiger partial charge in [-0.2, -0.15) is 0 Å². The van der Waals surface area contributed by atoms with Crippen LogP contribution in [-0.4, -0.2) is 46.2 Å². The minimum absolute atomic E-state index is 0.134. The molecule has 12 heavy (non-hydrogen) atoms. The van der Waals surface area contributed by atoms with Crippen molar-refractivity contribution < 1.29 is 13.6 Å². The van der Waals surface area contributed by atoms with Crippen LogP contribution in [-0.2, 0) is 13.6 Å². The fraction of sp³-hybridized carbons (Fsp3) is 1.00. The summed E-state index contributed by atoms with van der Waals surface area (Å²) in [6.07, 6.45) is 2.88. The summed E-state index contributed by atoms with van der Waals surface area (Å²) >= 11 is 0. The quantitative estimate of drug-likeness (QED) is 0.289. The second-order valence-corrected chi connectivity index (χ2v) is 6.51. The number of ether oxygens (including phenoxy) is 2. The molecule has 1 rings (SSSR count). The summed E-state index contributed by atoms with van der Waals surface area (Å²) in [5.41, 5.74) is 0. The van der Waals surface area contributed by atoms with Gasteiger partial charge in [0.2, 0.25) is 0 Å². The van der Waals surface area contributed by atoms with Crippen molar-refractivity contribution in [3.63, 3.8) is 0 Å². The van der Waals surface area contributed by atoms with Gasteiger partial charge in [0.05, 0.1) is 13.2 Å². The molecule has 0 aliphatic carbocycles. The third kappa shape index (κ3) is 5.90. The molecule has 5 heteroatoms. The minimum Gasteiger partial charge on any atom is -0.468 e. The predicted octanol–water partition coefficient (Wildman–Crippen LogP) is -1.02. The normalized spacial score (nSPS) is 22.5. The first-order chi connectivity index (χ1) is 5.93. The molecule has 1 aliphatic heterocycles. The first kappa shape index (κ1) is 10.4. The Morgan fingerprint density at radius 3 is 3.00 bits per heavy atom. The molecule has 72 valence electrons. The second-order valence-electron chi connectivity index (χ2n) is 3.08. The molecule has 1 heterocycles. The van der Waals surface area contributed by atoms with Gasteiger partial charge in [0.1, 0.15) is 26.4 Å². The zero-order valence-electron chi connectivity index (χ0n) is 7.75. The van der Waals surface area contributed by atoms with E-state index >= 15 is 0 Å². The van der Waals surface area contributed by atoms with Crippen LogP contribution in [0.3, 0.4) is 0 Å². The highest BCUT2D eigenvalue weighted by Crippen LogP contribution is 2.08. The second kappa shape index (κ2) is 6.79. The van der Waals surface area contributed by atoms with Crippen molar-refractivity contribution in [2.75, 3.05) is 19.8 Å². The number of hydrogen-bond donors (Lipinski definition) is 0. The molecule has 0 aromatic rings. The van der Waals surface area contributed by atoms with Crippen LogP contribution in [0.4, 0.5) is 0 Å². The molecule has 0 aromatic carbocycles. The molecule has 3 nitrogen and oxygen atoms in total. The highest BCUT2D eigenvalue weighted by Gasteiger charge is 2.21. The van der Waals surface area contributed by atoms with E-state index < -0.39 is 0 Å². The van der Waals surface area contributed by atoms with Crippen molar-refractivity contribution in [2.24, 2.45) is 0 Å². The van der Waals surface area contributed by atoms with Crippen molar-refractivity contribution in [1.29, 1.82) is 0 Å². The van der Waals surface area contributed by atoms with E-state index in [4.69, 9.17) is 13.6 Å². The zero-order valence-corrected chi connectivity index (χ0v) is 11.2. The maximum Gasteiger partial charge on any atom is 0.145 e. The zero-order chi connectivity index (χ0) is 8.65. The average molecular weight is 206 g/mol. The Bertz CT molecular complexity index is 109. The summed E-state index contributed by atoms with van der Waals surface area (Å²) in [5, 5.41) is 0. The van der Waals surface area contributed by atoms with Gasteiger partial charge in [0.25, 0.3) is 0 Å². The van der Waals surface area contributed by atoms with Crippen LogP contribution in [0.15, 0.2) is 0 Å². The highest BCUT2D eigenvalue weighted by molar-refractivity contribution is 6.34. The maximum absolute atomic E-state index is 5.40. The largest absolute Gasteiger partial charge is 0.468 e. The van der Waals surface area contributed by atoms with Crippen LogP contribution in [0, 0.1) is 0 Å². The Morgan fingerprint density at radius 1 is 1.50 bits per heavy atom. The standard InChI is InChI=1S/C7H18O3Si2/c11-10-12-4-2-1-3-8-5-7-6-9-7/h7H,1-6,12H2,11H3. The molecule has 1 unspecified atom stereocenters. The van der Waals surface area contributed by atoms with Gasteiger partial charge in [-0.3, -0.25) is 0 Å². The van der Waals surface area contributed by atoms with Gasteiger partial charge < -0.3 is 13.6 Å². The van der Waals surface area contributed by atoms with E-state index in [0.717, 1.165) is 30.3 Å². The van der Waals surface area contributed by atoms with Crippen LogP contribution in [0.2, 0.25) is 6.04 Å². The predicted molar refractivity (Wildman–Crippen MR) is 54.2 cm³/mol. The minimum atomic E-state index is -0.134. The van der Waals surface area contributed by atoms with Gasteiger partial charge in [0, 0.05) is 6.61 Å². The van der Waals surface area contributed by atoms with E-state index in [2.05, 4.69) is 0 Å². The van der Waals surface area contributed by atoms with E-state index in [-0.39, 0.29) is 9.76 Å². The molecule has 0 N–H and O–H groups in total. The van der Waals surface area contributed by atoms with Crippen molar-refractivity contribution in [3.8, 4) is 0 Å². The van der Waals surface area contributed by atoms with E-state index in [9.17, 15) is 0 Å². The summed E-state index contributed by atoms with van der Waals surface area (Å²) < 4.78 is 15.6. The van der Waals surface area contributed by atoms with Crippen molar-refractivity contribution in [1.82, 2.24) is 0 Å². The number of epoxide rings is 1. The lowest BCUT2D eigenvalue weighted by Gasteiger charge is -2.01. The van der Waals surface area contributed by atoms with Crippen molar-refractivity contribution >= 4 is 20.2 Å². The number of unbranched alkanes of at least 4 members (excludes halogenated alkanes) is 1. The first-order valence-electron chi connectivity index (χ1n) is 4.62. The Morgan fingerprint density at radius 2 is 2.33 bits per heavy atom. The molecule has 0 bridgehead atoms. The number of rotatable bonds is 8. The fourth-order valence-corrected chi connectivity index (χ4v) is 2.72. The van der Waals surface area contributed by atoms with Gasteiger partial charge in [-0.25, -0.2) is 0 Å². The molecule has 0 saturated carbocycles. The number of hydrogen-bond acceptors (Lipinski definition) is 3. The van der Waals surface area contributed by atoms with Gasteiger partial charge in [-0.15, -0.1) is 0 Å². The lowest BCUT2D eigenvalue weighted by molar-refractivity contribution is 0.114. The fourth-order valence-electron chi connectivity index (χ4n) is 1.01. The van der Waals surface area contributed by atoms with Crippen molar-refractivity contribution in [3.05, 3.63) is 0 Å². The van der Waals surface area contributed by atoms with E-state index in [1.165, 1.54) is 18.9 Å². The van der Waals surface area contributed by atoms with Crippen LogP contribution >= 0.6 is 0 Å². The van der Waals surface area contributed by atoms with Crippen LogP contribution < -0.4 is 0 Å². The maximum atomic E-state index is 5.40. The lowest BCUT2D eigenvalue weighted by Crippen LogP contribution is -2.03. The third-order valence-corrected chi connectivity index (χ3v) is 4.26. The van der Waals surface area contributed by atoms with Crippen LogP contribution in [0.5, 0.6) is 0 Å². The topological polar surface area (TPSA) is 31.0 Å². The lowest BCUT2D eigenvalue weighted by atomic mass is 10.3. The third-order valence-electron chi connectivity index (χ3n) is 1.84. The molecular formula is C7H18O3Si2. The Hall–Kier alpha value is 0.314. The Labute approximate surface area is 79.3 Å². The van der Waals surface area contributed by atoms with E-state index in [1.54, 1.807) is 0 Å². The SMILES string of the molecule is [SiH3]O[SiH2]CCCCOCC1CO1. The van der Waals surface area contributed by atoms with Gasteiger partial charge in [0.15, 0.2) is 0 Å². The van der Waals surface area contributed by atoms with E-state index in [1.807, 2.05) is 0 Å². The summed E-state index contributed by atoms with van der Waals surface area (Å²) in [5.74, 6) is 0. The average Bonchev–Trinajstić information content (AvgIpc) is 2.87. The molecule has 0 spiro atoms. The summed E-state index contributed by atoms with van der Waals surface area (Å²) in [7, 11) is 0.794. The summed E-state index contributed by atoms with van der Waals surface area (Å²) in [4.78, 5) is 0. The Kier molecular flexibility index (Phi) is 5.88. The molecule has 0 radical (unpaired) electrons.